The minimum absolute atomic E-state index is 0.0205. The highest BCUT2D eigenvalue weighted by molar-refractivity contribution is 6.10. The average Bonchev–Trinajstić information content (AvgIpc) is 3.69. The summed E-state index contributed by atoms with van der Waals surface area (Å²) in [4.78, 5) is 44.5. The maximum Gasteiger partial charge on any atom is 0.340 e. The maximum atomic E-state index is 14.7. The summed E-state index contributed by atoms with van der Waals surface area (Å²) in [6.07, 6.45) is 0.634. The number of hydrogen-bond donors (Lipinski definition) is 5. The predicted octanol–water partition coefficient (Wildman–Crippen LogP) is 6.41. The number of nitrogens with one attached hydrogen (secondary N) is 3. The zero-order valence-electron chi connectivity index (χ0n) is 33.2. The van der Waals surface area contributed by atoms with Crippen molar-refractivity contribution in [2.45, 2.75) is 18.6 Å². The Morgan fingerprint density at radius 3 is 2.24 bits per heavy atom. The number of rotatable bonds is 13. The first-order valence-electron chi connectivity index (χ1n) is 19.9. The van der Waals surface area contributed by atoms with Crippen molar-refractivity contribution in [1.29, 1.82) is 0 Å². The lowest BCUT2D eigenvalue weighted by Crippen LogP contribution is -2.33. The molecule has 2 amide bonds. The third-order valence-corrected chi connectivity index (χ3v) is 11.3. The summed E-state index contributed by atoms with van der Waals surface area (Å²) < 4.78 is 66.7. The van der Waals surface area contributed by atoms with Gasteiger partial charge in [-0.3, -0.25) is 14.5 Å². The Balaban J connectivity index is 0.733. The van der Waals surface area contributed by atoms with Crippen molar-refractivity contribution in [2.24, 2.45) is 0 Å². The summed E-state index contributed by atoms with van der Waals surface area (Å²) in [5, 5.41) is 26.4. The van der Waals surface area contributed by atoms with E-state index in [1.165, 1.54) is 30.3 Å². The minimum Gasteiger partial charge on any atom is -0.505 e. The molecule has 5 N–H and O–H groups in total. The minimum atomic E-state index is -1.90. The molecule has 1 aromatic heterocycles. The van der Waals surface area contributed by atoms with E-state index in [2.05, 4.69) is 20.5 Å². The molecule has 13 nitrogen and oxygen atoms in total. The molecule has 16 heteroatoms. The van der Waals surface area contributed by atoms with Crippen LogP contribution in [0.4, 0.5) is 13.2 Å². The van der Waals surface area contributed by atoms with Crippen molar-refractivity contribution in [2.75, 3.05) is 53.1 Å². The molecule has 0 fully saturated rings. The van der Waals surface area contributed by atoms with Gasteiger partial charge in [-0.15, -0.1) is 0 Å². The number of nitrogens with zero attached hydrogens (tertiary/aromatic N) is 1. The highest BCUT2D eigenvalue weighted by Crippen LogP contribution is 2.57. The van der Waals surface area contributed by atoms with Crippen LogP contribution >= 0.6 is 0 Å². The topological polar surface area (TPSA) is 172 Å². The summed E-state index contributed by atoms with van der Waals surface area (Å²) in [6, 6.07) is 18.9. The Kier molecular flexibility index (Phi) is 10.6. The van der Waals surface area contributed by atoms with E-state index in [9.17, 15) is 37.8 Å². The molecule has 0 saturated heterocycles. The molecule has 3 aliphatic rings. The second-order valence-electron chi connectivity index (χ2n) is 15.3. The Bertz CT molecular complexity index is 2730. The van der Waals surface area contributed by atoms with Crippen molar-refractivity contribution >= 4 is 28.7 Å². The maximum absolute atomic E-state index is 14.7. The van der Waals surface area contributed by atoms with Gasteiger partial charge in [0.25, 0.3) is 11.8 Å². The monoisotopic (exact) mass is 848 g/mol. The molecule has 0 saturated carbocycles. The molecule has 4 heterocycles. The van der Waals surface area contributed by atoms with E-state index in [0.29, 0.717) is 57.0 Å². The standard InChI is InChI=1S/C46H39F3N4O9/c1-53(23-24-2-4-25(5-3-24)42-28-8-9-50-44(57)30-17-27(47)18-36(52-42)41(28)30)11-13-60-15-14-59-12-10-51-43(56)26-6-7-31-29(16-26)45(58)62-46(31)32-19-34(48)37(54)21-39(32)61-40-22-38(55)35(49)20-33(40)46/h2-7,16-22,52,54-55H,8-15,23H2,1H3,(H,50,57)(H,51,56). The number of H-pyrrole nitrogens is 1. The van der Waals surface area contributed by atoms with Gasteiger partial charge >= 0.3 is 5.97 Å². The van der Waals surface area contributed by atoms with Gasteiger partial charge in [0.05, 0.1) is 48.7 Å². The molecule has 1 spiro atoms. The number of ether oxygens (including phenoxy) is 4. The zero-order chi connectivity index (χ0) is 43.3. The van der Waals surface area contributed by atoms with Crippen molar-refractivity contribution in [3.8, 4) is 34.3 Å². The van der Waals surface area contributed by atoms with Crippen LogP contribution in [-0.2, 0) is 32.8 Å². The quantitative estimate of drug-likeness (QED) is 0.0646. The van der Waals surface area contributed by atoms with Crippen molar-refractivity contribution in [1.82, 2.24) is 20.5 Å². The largest absolute Gasteiger partial charge is 0.505 e. The Hall–Kier alpha value is -6.88. The number of aromatic amines is 1. The fourth-order valence-electron chi connectivity index (χ4n) is 8.36. The lowest BCUT2D eigenvalue weighted by molar-refractivity contribution is 0.0221. The zero-order valence-corrected chi connectivity index (χ0v) is 33.2. The van der Waals surface area contributed by atoms with E-state index in [1.807, 2.05) is 31.3 Å². The summed E-state index contributed by atoms with van der Waals surface area (Å²) in [5.41, 5.74) is 3.22. The van der Waals surface area contributed by atoms with Gasteiger partial charge in [-0.05, 0) is 66.6 Å². The first-order chi connectivity index (χ1) is 29.9. The van der Waals surface area contributed by atoms with E-state index >= 15 is 0 Å². The number of carbonyl (C=O) groups excluding carboxylic acids is 3. The van der Waals surface area contributed by atoms with Gasteiger partial charge in [0.2, 0.25) is 0 Å². The van der Waals surface area contributed by atoms with Crippen LogP contribution in [0.15, 0.2) is 78.9 Å². The van der Waals surface area contributed by atoms with Crippen LogP contribution < -0.4 is 15.4 Å². The third kappa shape index (κ3) is 7.25. The molecule has 0 atom stereocenters. The average molecular weight is 849 g/mol. The molecule has 0 bridgehead atoms. The molecule has 62 heavy (non-hydrogen) atoms. The van der Waals surface area contributed by atoms with Crippen LogP contribution in [0.1, 0.15) is 58.9 Å². The van der Waals surface area contributed by atoms with Gasteiger partial charge < -0.3 is 44.8 Å². The fourth-order valence-corrected chi connectivity index (χ4v) is 8.36. The number of hydrogen-bond acceptors (Lipinski definition) is 10. The van der Waals surface area contributed by atoms with E-state index in [0.717, 1.165) is 52.0 Å². The summed E-state index contributed by atoms with van der Waals surface area (Å²) in [7, 11) is 1.99. The number of likely N-dealkylation sites (N-methyl/N-ethyl adjacent to an activating group) is 1. The predicted molar refractivity (Wildman–Crippen MR) is 218 cm³/mol. The lowest BCUT2D eigenvalue weighted by atomic mass is 9.77. The van der Waals surface area contributed by atoms with E-state index < -0.39 is 46.4 Å². The van der Waals surface area contributed by atoms with Crippen LogP contribution in [0.25, 0.3) is 22.2 Å². The van der Waals surface area contributed by atoms with Gasteiger partial charge in [-0.25, -0.2) is 18.0 Å². The van der Waals surface area contributed by atoms with Crippen LogP contribution in [0.3, 0.4) is 0 Å². The molecular formula is C46H39F3N4O9. The summed E-state index contributed by atoms with van der Waals surface area (Å²) in [5.74, 6) is -5.79. The SMILES string of the molecule is CN(CCOCCOCCNC(=O)c1ccc2c(c1)C(=O)OC21c2cc(F)c(O)cc2Oc2cc(O)c(F)cc21)Cc1ccc(-c2[nH]c3cc(F)cc4c3c2CCNC4=O)cc1. The molecular weight excluding hydrogens is 810 g/mol. The smallest absolute Gasteiger partial charge is 0.340 e. The summed E-state index contributed by atoms with van der Waals surface area (Å²) in [6.45, 7) is 3.29. The summed E-state index contributed by atoms with van der Waals surface area (Å²) >= 11 is 0. The first-order valence-corrected chi connectivity index (χ1v) is 19.9. The molecule has 9 rings (SSSR count). The van der Waals surface area contributed by atoms with Crippen LogP contribution in [-0.4, -0.2) is 91.0 Å². The van der Waals surface area contributed by atoms with Gasteiger partial charge in [0, 0.05) is 66.0 Å². The second-order valence-corrected chi connectivity index (χ2v) is 15.3. The molecule has 0 unspecified atom stereocenters. The number of phenols is 2. The van der Waals surface area contributed by atoms with E-state index in [1.54, 1.807) is 0 Å². The van der Waals surface area contributed by atoms with Crippen LogP contribution in [0, 0.1) is 17.5 Å². The Labute approximate surface area is 352 Å². The van der Waals surface area contributed by atoms with Gasteiger partial charge in [0.15, 0.2) is 28.7 Å². The number of phenolic OH excluding ortho intramolecular Hbond substituents is 2. The molecule has 0 radical (unpaired) electrons. The molecule has 318 valence electrons. The molecule has 3 aliphatic heterocycles. The third-order valence-electron chi connectivity index (χ3n) is 11.3. The number of aromatic hydroxyl groups is 2. The highest BCUT2D eigenvalue weighted by atomic mass is 19.1. The van der Waals surface area contributed by atoms with Crippen LogP contribution in [0.2, 0.25) is 0 Å². The number of aromatic nitrogens is 1. The number of carbonyl (C=O) groups is 3. The van der Waals surface area contributed by atoms with E-state index in [4.69, 9.17) is 18.9 Å². The van der Waals surface area contributed by atoms with Crippen molar-refractivity contribution in [3.05, 3.63) is 141 Å². The number of halogens is 3. The van der Waals surface area contributed by atoms with Crippen LogP contribution in [0.5, 0.6) is 23.0 Å². The number of esters is 1. The Morgan fingerprint density at radius 1 is 0.839 bits per heavy atom. The van der Waals surface area contributed by atoms with Crippen molar-refractivity contribution < 1.29 is 56.7 Å². The second kappa shape index (κ2) is 16.2. The fraction of sp³-hybridized carbons (Fsp3) is 0.239. The normalized spacial score (nSPS) is 14.5. The first kappa shape index (κ1) is 40.5. The molecule has 5 aromatic carbocycles. The van der Waals surface area contributed by atoms with Crippen molar-refractivity contribution in [3.63, 3.8) is 0 Å². The Morgan fingerprint density at radius 2 is 1.53 bits per heavy atom. The highest BCUT2D eigenvalue weighted by Gasteiger charge is 2.54. The molecule has 6 aromatic rings. The van der Waals surface area contributed by atoms with Gasteiger partial charge in [0.1, 0.15) is 17.3 Å². The number of amides is 2. The van der Waals surface area contributed by atoms with Gasteiger partial charge in [-0.1, -0.05) is 30.3 Å². The number of benzene rings is 5. The molecule has 0 aliphatic carbocycles. The van der Waals surface area contributed by atoms with Gasteiger partial charge in [-0.2, -0.15) is 0 Å². The number of fused-ring (bicyclic) bond motifs is 6. The lowest BCUT2D eigenvalue weighted by Gasteiger charge is -2.36. The van der Waals surface area contributed by atoms with E-state index in [-0.39, 0.29) is 58.4 Å².